The van der Waals surface area contributed by atoms with Crippen LogP contribution in [0.25, 0.3) is 10.9 Å². The zero-order chi connectivity index (χ0) is 16.4. The Kier molecular flexibility index (Phi) is 4.10. The van der Waals surface area contributed by atoms with Crippen molar-refractivity contribution in [3.8, 4) is 0 Å². The molecule has 0 aliphatic heterocycles. The molecule has 0 saturated heterocycles. The van der Waals surface area contributed by atoms with Crippen molar-refractivity contribution >= 4 is 16.8 Å². The number of pyridine rings is 1. The number of nitrogens with zero attached hydrogens (tertiary/aromatic N) is 4. The Morgan fingerprint density at radius 3 is 2.87 bits per heavy atom. The van der Waals surface area contributed by atoms with Gasteiger partial charge in [-0.1, -0.05) is 6.07 Å². The van der Waals surface area contributed by atoms with Gasteiger partial charge in [0.15, 0.2) is 0 Å². The third-order valence-corrected chi connectivity index (χ3v) is 3.80. The van der Waals surface area contributed by atoms with Gasteiger partial charge in [-0.3, -0.25) is 14.5 Å². The zero-order valence-corrected chi connectivity index (χ0v) is 13.6. The van der Waals surface area contributed by atoms with Crippen molar-refractivity contribution in [2.45, 2.75) is 26.4 Å². The van der Waals surface area contributed by atoms with Crippen LogP contribution < -0.4 is 0 Å². The smallest absolute Gasteiger partial charge is 0.253 e. The van der Waals surface area contributed by atoms with E-state index in [4.69, 9.17) is 0 Å². The summed E-state index contributed by atoms with van der Waals surface area (Å²) in [7, 11) is 1.81. The van der Waals surface area contributed by atoms with Crippen LogP contribution in [-0.2, 0) is 6.54 Å². The number of amides is 1. The molecular weight excluding hydrogens is 288 g/mol. The molecule has 0 aliphatic carbocycles. The van der Waals surface area contributed by atoms with Gasteiger partial charge < -0.3 is 4.90 Å². The summed E-state index contributed by atoms with van der Waals surface area (Å²) in [5.41, 5.74) is 2.59. The monoisotopic (exact) mass is 308 g/mol. The predicted octanol–water partition coefficient (Wildman–Crippen LogP) is 3.28. The van der Waals surface area contributed by atoms with Crippen molar-refractivity contribution in [3.05, 3.63) is 60.0 Å². The minimum Gasteiger partial charge on any atom is -0.337 e. The van der Waals surface area contributed by atoms with Crippen LogP contribution in [0.2, 0.25) is 0 Å². The van der Waals surface area contributed by atoms with Gasteiger partial charge in [0.1, 0.15) is 0 Å². The number of carbonyl (C=O) groups is 1. The predicted molar refractivity (Wildman–Crippen MR) is 90.2 cm³/mol. The molecule has 118 valence electrons. The number of carbonyl (C=O) groups excluding carboxylic acids is 1. The lowest BCUT2D eigenvalue weighted by Crippen LogP contribution is -2.26. The van der Waals surface area contributed by atoms with E-state index < -0.39 is 0 Å². The lowest BCUT2D eigenvalue weighted by molar-refractivity contribution is 0.0785. The van der Waals surface area contributed by atoms with Crippen LogP contribution in [0.1, 0.15) is 35.8 Å². The summed E-state index contributed by atoms with van der Waals surface area (Å²) < 4.78 is 1.90. The maximum Gasteiger partial charge on any atom is 0.253 e. The van der Waals surface area contributed by atoms with Crippen molar-refractivity contribution in [2.75, 3.05) is 7.05 Å². The summed E-state index contributed by atoms with van der Waals surface area (Å²) in [4.78, 5) is 18.6. The first-order chi connectivity index (χ1) is 11.0. The van der Waals surface area contributed by atoms with Crippen LogP contribution in [0.4, 0.5) is 0 Å². The largest absolute Gasteiger partial charge is 0.337 e. The van der Waals surface area contributed by atoms with Crippen molar-refractivity contribution in [3.63, 3.8) is 0 Å². The highest BCUT2D eigenvalue weighted by atomic mass is 16.2. The van der Waals surface area contributed by atoms with Crippen molar-refractivity contribution in [1.29, 1.82) is 0 Å². The van der Waals surface area contributed by atoms with Crippen LogP contribution in [0.15, 0.2) is 48.9 Å². The minimum atomic E-state index is -0.00644. The van der Waals surface area contributed by atoms with Crippen LogP contribution in [-0.4, -0.2) is 32.6 Å². The summed E-state index contributed by atoms with van der Waals surface area (Å²) in [6, 6.07) is 9.75. The first-order valence-electron chi connectivity index (χ1n) is 7.68. The third kappa shape index (κ3) is 3.23. The van der Waals surface area contributed by atoms with Gasteiger partial charge in [-0.25, -0.2) is 0 Å². The van der Waals surface area contributed by atoms with E-state index in [1.165, 1.54) is 0 Å². The molecule has 1 amide bonds. The van der Waals surface area contributed by atoms with Gasteiger partial charge in [-0.2, -0.15) is 5.10 Å². The lowest BCUT2D eigenvalue weighted by atomic mass is 10.1. The van der Waals surface area contributed by atoms with E-state index >= 15 is 0 Å². The molecule has 2 heterocycles. The molecule has 0 spiro atoms. The number of benzene rings is 1. The highest BCUT2D eigenvalue weighted by molar-refractivity contribution is 5.97. The number of hydrogen-bond acceptors (Lipinski definition) is 3. The van der Waals surface area contributed by atoms with Crippen LogP contribution in [0.5, 0.6) is 0 Å². The van der Waals surface area contributed by atoms with Crippen LogP contribution in [0, 0.1) is 0 Å². The first-order valence-corrected chi connectivity index (χ1v) is 7.68. The highest BCUT2D eigenvalue weighted by Gasteiger charge is 2.14. The minimum absolute atomic E-state index is 0.00644. The van der Waals surface area contributed by atoms with E-state index in [0.29, 0.717) is 18.2 Å². The molecular formula is C18H20N4O. The fourth-order valence-electron chi connectivity index (χ4n) is 2.52. The van der Waals surface area contributed by atoms with Crippen molar-refractivity contribution < 1.29 is 4.79 Å². The lowest BCUT2D eigenvalue weighted by Gasteiger charge is -2.16. The zero-order valence-electron chi connectivity index (χ0n) is 13.6. The molecule has 0 unspecified atom stereocenters. The molecule has 0 N–H and O–H groups in total. The highest BCUT2D eigenvalue weighted by Crippen LogP contribution is 2.16. The normalized spacial score (nSPS) is 11.1. The van der Waals surface area contributed by atoms with Gasteiger partial charge in [0.25, 0.3) is 5.91 Å². The number of hydrogen-bond donors (Lipinski definition) is 0. The summed E-state index contributed by atoms with van der Waals surface area (Å²) in [6.07, 6.45) is 5.55. The van der Waals surface area contributed by atoms with Gasteiger partial charge in [-0.05, 0) is 38.1 Å². The summed E-state index contributed by atoms with van der Waals surface area (Å²) in [5, 5.41) is 5.28. The van der Waals surface area contributed by atoms with E-state index in [9.17, 15) is 4.79 Å². The summed E-state index contributed by atoms with van der Waals surface area (Å²) in [6.45, 7) is 4.69. The molecule has 0 aliphatic rings. The second-order valence-corrected chi connectivity index (χ2v) is 5.99. The molecule has 5 nitrogen and oxygen atoms in total. The molecule has 2 aromatic heterocycles. The van der Waals surface area contributed by atoms with E-state index in [1.54, 1.807) is 11.1 Å². The summed E-state index contributed by atoms with van der Waals surface area (Å²) in [5.74, 6) is -0.00644. The molecule has 1 aromatic carbocycles. The Labute approximate surface area is 135 Å². The Bertz CT molecular complexity index is 838. The maximum absolute atomic E-state index is 12.6. The fourth-order valence-corrected chi connectivity index (χ4v) is 2.52. The second kappa shape index (κ2) is 6.20. The molecule has 5 heteroatoms. The molecule has 0 saturated carbocycles. The quantitative estimate of drug-likeness (QED) is 0.743. The van der Waals surface area contributed by atoms with E-state index in [2.05, 4.69) is 23.9 Å². The fraction of sp³-hybridized carbons (Fsp3) is 0.278. The summed E-state index contributed by atoms with van der Waals surface area (Å²) >= 11 is 0. The Hall–Kier alpha value is -2.69. The molecule has 0 bridgehead atoms. The topological polar surface area (TPSA) is 51.0 Å². The van der Waals surface area contributed by atoms with Crippen LogP contribution >= 0.6 is 0 Å². The average Bonchev–Trinajstić information content (AvgIpc) is 3.02. The second-order valence-electron chi connectivity index (χ2n) is 5.99. The van der Waals surface area contributed by atoms with Gasteiger partial charge >= 0.3 is 0 Å². The Balaban J connectivity index is 1.77. The molecule has 3 rings (SSSR count). The molecule has 23 heavy (non-hydrogen) atoms. The van der Waals surface area contributed by atoms with E-state index in [1.807, 2.05) is 54.5 Å². The van der Waals surface area contributed by atoms with Gasteiger partial charge in [0.05, 0.1) is 11.7 Å². The molecule has 0 atom stereocenters. The van der Waals surface area contributed by atoms with E-state index in [-0.39, 0.29) is 5.91 Å². The van der Waals surface area contributed by atoms with Gasteiger partial charge in [-0.15, -0.1) is 0 Å². The standard InChI is InChI=1S/C18H20N4O/c1-13(2)22-12-14(10-20-22)11-21(3)18(23)16-6-7-17-15(9-16)5-4-8-19-17/h4-10,12-13H,11H2,1-3H3. The number of fused-ring (bicyclic) bond motifs is 1. The molecule has 0 radical (unpaired) electrons. The maximum atomic E-state index is 12.6. The van der Waals surface area contributed by atoms with Crippen molar-refractivity contribution in [1.82, 2.24) is 19.7 Å². The first kappa shape index (κ1) is 15.2. The number of rotatable bonds is 4. The third-order valence-electron chi connectivity index (χ3n) is 3.80. The molecule has 3 aromatic rings. The Morgan fingerprint density at radius 1 is 1.30 bits per heavy atom. The van der Waals surface area contributed by atoms with Gasteiger partial charge in [0.2, 0.25) is 0 Å². The molecule has 0 fully saturated rings. The average molecular weight is 308 g/mol. The number of aromatic nitrogens is 3. The Morgan fingerprint density at radius 2 is 2.13 bits per heavy atom. The van der Waals surface area contributed by atoms with Crippen molar-refractivity contribution in [2.24, 2.45) is 0 Å². The van der Waals surface area contributed by atoms with E-state index in [0.717, 1.165) is 16.5 Å². The van der Waals surface area contributed by atoms with Crippen LogP contribution in [0.3, 0.4) is 0 Å². The SMILES string of the molecule is CC(C)n1cc(CN(C)C(=O)c2ccc3ncccc3c2)cn1. The van der Waals surface area contributed by atoms with Gasteiger partial charge in [0, 0.05) is 48.5 Å².